The summed E-state index contributed by atoms with van der Waals surface area (Å²) in [6.07, 6.45) is -4.51. The number of hydrogen-bond acceptors (Lipinski definition) is 4. The van der Waals surface area contributed by atoms with Crippen LogP contribution < -0.4 is 4.74 Å². The Hall–Kier alpha value is -2.68. The van der Waals surface area contributed by atoms with E-state index in [-0.39, 0.29) is 34.3 Å². The molecule has 0 unspecified atom stereocenters. The number of benzene rings is 2. The van der Waals surface area contributed by atoms with Crippen molar-refractivity contribution in [1.82, 2.24) is 20.6 Å². The van der Waals surface area contributed by atoms with Gasteiger partial charge in [0.05, 0.1) is 16.1 Å². The number of nitrogens with zero attached hydrogens (tertiary/aromatic N) is 3. The third-order valence-corrected chi connectivity index (χ3v) is 3.60. The molecule has 3 rings (SSSR count). The number of H-pyrrole nitrogens is 1. The number of alkyl halides is 3. The maximum Gasteiger partial charge on any atom is 0.416 e. The Morgan fingerprint density at radius 3 is 2.60 bits per heavy atom. The van der Waals surface area contributed by atoms with Crippen LogP contribution in [0.3, 0.4) is 0 Å². The van der Waals surface area contributed by atoms with Crippen LogP contribution >= 0.6 is 11.6 Å². The Balaban J connectivity index is 1.80. The highest BCUT2D eigenvalue weighted by molar-refractivity contribution is 6.32. The van der Waals surface area contributed by atoms with Gasteiger partial charge in [0.15, 0.2) is 0 Å². The van der Waals surface area contributed by atoms with E-state index in [1.165, 1.54) is 12.1 Å². The molecule has 10 heteroatoms. The van der Waals surface area contributed by atoms with E-state index in [9.17, 15) is 17.6 Å². The number of halogens is 5. The molecule has 0 amide bonds. The van der Waals surface area contributed by atoms with Crippen LogP contribution in [0.5, 0.6) is 5.75 Å². The van der Waals surface area contributed by atoms with E-state index < -0.39 is 17.6 Å². The number of aromatic nitrogens is 4. The van der Waals surface area contributed by atoms with E-state index in [0.29, 0.717) is 0 Å². The summed E-state index contributed by atoms with van der Waals surface area (Å²) in [5.41, 5.74) is -0.609. The van der Waals surface area contributed by atoms with Gasteiger partial charge in [0.1, 0.15) is 18.2 Å². The average Bonchev–Trinajstić information content (AvgIpc) is 3.08. The van der Waals surface area contributed by atoms with E-state index in [1.54, 1.807) is 6.07 Å². The molecule has 0 saturated heterocycles. The summed E-state index contributed by atoms with van der Waals surface area (Å²) in [5.74, 6) is -0.530. The lowest BCUT2D eigenvalue weighted by Crippen LogP contribution is -2.05. The van der Waals surface area contributed by atoms with Crippen molar-refractivity contribution in [3.8, 4) is 17.1 Å². The highest BCUT2D eigenvalue weighted by Crippen LogP contribution is 2.35. The fourth-order valence-electron chi connectivity index (χ4n) is 2.09. The summed E-state index contributed by atoms with van der Waals surface area (Å²) in [6.45, 7) is -0.234. The number of hydrogen-bond donors (Lipinski definition) is 1. The minimum Gasteiger partial charge on any atom is -0.487 e. The van der Waals surface area contributed by atoms with E-state index in [0.717, 1.165) is 18.2 Å². The van der Waals surface area contributed by atoms with E-state index >= 15 is 0 Å². The number of rotatable bonds is 4. The fourth-order valence-corrected chi connectivity index (χ4v) is 2.32. The van der Waals surface area contributed by atoms with E-state index in [2.05, 4.69) is 20.6 Å². The maximum absolute atomic E-state index is 14.5. The highest BCUT2D eigenvalue weighted by atomic mass is 35.5. The molecule has 0 saturated carbocycles. The Morgan fingerprint density at radius 2 is 1.96 bits per heavy atom. The van der Waals surface area contributed by atoms with Gasteiger partial charge in [0, 0.05) is 5.56 Å². The topological polar surface area (TPSA) is 63.7 Å². The van der Waals surface area contributed by atoms with Crippen LogP contribution in [-0.4, -0.2) is 20.6 Å². The molecule has 3 aromatic rings. The minimum atomic E-state index is -4.51. The molecular weight excluding hydrogens is 364 g/mol. The second kappa shape index (κ2) is 6.67. The third kappa shape index (κ3) is 3.71. The number of nitrogens with one attached hydrogen (secondary N) is 1. The Labute approximate surface area is 143 Å². The lowest BCUT2D eigenvalue weighted by atomic mass is 10.1. The zero-order chi connectivity index (χ0) is 18.0. The van der Waals surface area contributed by atoms with Gasteiger partial charge >= 0.3 is 6.18 Å². The number of aromatic amines is 1. The molecular formula is C15H9ClF4N4O. The first-order valence-electron chi connectivity index (χ1n) is 6.87. The largest absolute Gasteiger partial charge is 0.487 e. The quantitative estimate of drug-likeness (QED) is 0.695. The number of ether oxygens (including phenoxy) is 1. The van der Waals surface area contributed by atoms with Crippen LogP contribution in [0.4, 0.5) is 17.6 Å². The van der Waals surface area contributed by atoms with Crippen LogP contribution in [0.25, 0.3) is 11.4 Å². The Bertz CT molecular complexity index is 884. The molecule has 0 aliphatic heterocycles. The van der Waals surface area contributed by atoms with Gasteiger partial charge in [0.2, 0.25) is 5.82 Å². The van der Waals surface area contributed by atoms with Crippen molar-refractivity contribution in [3.63, 3.8) is 0 Å². The summed E-state index contributed by atoms with van der Waals surface area (Å²) >= 11 is 5.80. The second-order valence-corrected chi connectivity index (χ2v) is 5.35. The molecule has 0 radical (unpaired) electrons. The summed E-state index contributed by atoms with van der Waals surface area (Å²) in [4.78, 5) is 0. The minimum absolute atomic E-state index is 0.0130. The summed E-state index contributed by atoms with van der Waals surface area (Å²) in [5, 5.41) is 12.8. The van der Waals surface area contributed by atoms with Crippen molar-refractivity contribution in [2.24, 2.45) is 0 Å². The van der Waals surface area contributed by atoms with E-state index in [1.807, 2.05) is 0 Å². The Kier molecular flexibility index (Phi) is 4.58. The van der Waals surface area contributed by atoms with Gasteiger partial charge in [-0.15, -0.1) is 10.2 Å². The molecule has 2 aromatic carbocycles. The molecule has 0 fully saturated rings. The molecule has 1 aromatic heterocycles. The standard InChI is InChI=1S/C15H9ClF4N4O/c16-11-6-9(15(18,19)20)4-5-12(11)25-7-8-2-1-3-10(13(8)17)14-21-23-24-22-14/h1-6H,7H2,(H,21,22,23,24). The molecule has 25 heavy (non-hydrogen) atoms. The van der Waals surface area contributed by atoms with Gasteiger partial charge in [-0.05, 0) is 29.5 Å². The van der Waals surface area contributed by atoms with Gasteiger partial charge in [0.25, 0.3) is 0 Å². The van der Waals surface area contributed by atoms with Gasteiger partial charge in [-0.25, -0.2) is 4.39 Å². The molecule has 0 bridgehead atoms. The summed E-state index contributed by atoms with van der Waals surface area (Å²) < 4.78 is 57.7. The van der Waals surface area contributed by atoms with Crippen molar-refractivity contribution < 1.29 is 22.3 Å². The number of tetrazole rings is 1. The van der Waals surface area contributed by atoms with Crippen molar-refractivity contribution in [3.05, 3.63) is 58.4 Å². The molecule has 1 heterocycles. The highest BCUT2D eigenvalue weighted by Gasteiger charge is 2.31. The molecule has 5 nitrogen and oxygen atoms in total. The van der Waals surface area contributed by atoms with Crippen LogP contribution in [-0.2, 0) is 12.8 Å². The Morgan fingerprint density at radius 1 is 1.16 bits per heavy atom. The lowest BCUT2D eigenvalue weighted by molar-refractivity contribution is -0.137. The molecule has 0 spiro atoms. The molecule has 0 atom stereocenters. The van der Waals surface area contributed by atoms with Gasteiger partial charge in [-0.2, -0.15) is 18.4 Å². The second-order valence-electron chi connectivity index (χ2n) is 4.95. The zero-order valence-corrected chi connectivity index (χ0v) is 13.1. The fraction of sp³-hybridized carbons (Fsp3) is 0.133. The van der Waals surface area contributed by atoms with E-state index in [4.69, 9.17) is 16.3 Å². The van der Waals surface area contributed by atoms with Crippen molar-refractivity contribution in [2.75, 3.05) is 0 Å². The molecule has 130 valence electrons. The maximum atomic E-state index is 14.5. The van der Waals surface area contributed by atoms with Gasteiger partial charge < -0.3 is 4.74 Å². The van der Waals surface area contributed by atoms with Crippen molar-refractivity contribution >= 4 is 11.6 Å². The normalized spacial score (nSPS) is 11.6. The van der Waals surface area contributed by atoms with Crippen molar-refractivity contribution in [2.45, 2.75) is 12.8 Å². The monoisotopic (exact) mass is 372 g/mol. The van der Waals surface area contributed by atoms with Gasteiger partial charge in [-0.3, -0.25) is 0 Å². The molecule has 0 aliphatic carbocycles. The SMILES string of the molecule is Fc1c(COc2ccc(C(F)(F)F)cc2Cl)cccc1-c1nn[nH]n1. The van der Waals surface area contributed by atoms with Crippen LogP contribution in [0.1, 0.15) is 11.1 Å². The molecule has 0 aliphatic rings. The zero-order valence-electron chi connectivity index (χ0n) is 12.3. The first-order valence-corrected chi connectivity index (χ1v) is 7.25. The lowest BCUT2D eigenvalue weighted by Gasteiger charge is -2.12. The average molecular weight is 373 g/mol. The first-order chi connectivity index (χ1) is 11.9. The summed E-state index contributed by atoms with van der Waals surface area (Å²) in [7, 11) is 0. The van der Waals surface area contributed by atoms with Crippen molar-refractivity contribution in [1.29, 1.82) is 0 Å². The van der Waals surface area contributed by atoms with Crippen LogP contribution in [0.15, 0.2) is 36.4 Å². The predicted octanol–water partition coefficient (Wildman–Crippen LogP) is 4.26. The summed E-state index contributed by atoms with van der Waals surface area (Å²) in [6, 6.07) is 7.19. The van der Waals surface area contributed by atoms with Gasteiger partial charge in [-0.1, -0.05) is 23.7 Å². The first kappa shape index (κ1) is 17.2. The predicted molar refractivity (Wildman–Crippen MR) is 80.4 cm³/mol. The third-order valence-electron chi connectivity index (χ3n) is 3.31. The molecule has 1 N–H and O–H groups in total. The van der Waals surface area contributed by atoms with Crippen LogP contribution in [0, 0.1) is 5.82 Å². The van der Waals surface area contributed by atoms with Crippen LogP contribution in [0.2, 0.25) is 5.02 Å². The smallest absolute Gasteiger partial charge is 0.416 e.